The van der Waals surface area contributed by atoms with Crippen molar-refractivity contribution in [2.24, 2.45) is 0 Å². The van der Waals surface area contributed by atoms with Crippen LogP contribution in [0.1, 0.15) is 18.9 Å². The molecule has 19 heavy (non-hydrogen) atoms. The Kier molecular flexibility index (Phi) is 8.19. The smallest absolute Gasteiger partial charge is 0.304 e. The second-order valence-electron chi connectivity index (χ2n) is 4.49. The lowest BCUT2D eigenvalue weighted by Crippen LogP contribution is -2.32. The third-order valence-corrected chi connectivity index (χ3v) is 3.14. The molecule has 0 aliphatic heterocycles. The SMILES string of the molecule is COc1ccccc1CC(C)N(C)CCC(=O)O.Cl. The summed E-state index contributed by atoms with van der Waals surface area (Å²) in [6, 6.07) is 8.20. The molecule has 1 rings (SSSR count). The Morgan fingerprint density at radius 2 is 2.05 bits per heavy atom. The number of carboxylic acids is 1. The fourth-order valence-corrected chi connectivity index (χ4v) is 1.84. The highest BCUT2D eigenvalue weighted by Gasteiger charge is 2.13. The quantitative estimate of drug-likeness (QED) is 0.837. The summed E-state index contributed by atoms with van der Waals surface area (Å²) in [5, 5.41) is 8.67. The Morgan fingerprint density at radius 3 is 2.63 bits per heavy atom. The van der Waals surface area contributed by atoms with Crippen LogP contribution in [0, 0.1) is 0 Å². The Morgan fingerprint density at radius 1 is 1.42 bits per heavy atom. The van der Waals surface area contributed by atoms with E-state index in [9.17, 15) is 4.79 Å². The molecule has 0 fully saturated rings. The second kappa shape index (κ2) is 8.77. The maximum absolute atomic E-state index is 10.5. The minimum absolute atomic E-state index is 0. The Labute approximate surface area is 120 Å². The average molecular weight is 288 g/mol. The summed E-state index contributed by atoms with van der Waals surface area (Å²) in [6.45, 7) is 2.65. The molecule has 0 spiro atoms. The number of likely N-dealkylation sites (N-methyl/N-ethyl adjacent to an activating group) is 1. The largest absolute Gasteiger partial charge is 0.496 e. The first-order valence-electron chi connectivity index (χ1n) is 6.08. The molecule has 0 aromatic heterocycles. The maximum Gasteiger partial charge on any atom is 0.304 e. The molecule has 0 radical (unpaired) electrons. The number of hydrogen-bond donors (Lipinski definition) is 1. The summed E-state index contributed by atoms with van der Waals surface area (Å²) in [7, 11) is 3.61. The molecular formula is C14H22ClNO3. The molecule has 1 aromatic rings. The lowest BCUT2D eigenvalue weighted by molar-refractivity contribution is -0.137. The van der Waals surface area contributed by atoms with Gasteiger partial charge in [0, 0.05) is 12.6 Å². The van der Waals surface area contributed by atoms with E-state index in [4.69, 9.17) is 9.84 Å². The molecule has 1 N–H and O–H groups in total. The van der Waals surface area contributed by atoms with Gasteiger partial charge in [0.15, 0.2) is 0 Å². The molecule has 108 valence electrons. The zero-order valence-corrected chi connectivity index (χ0v) is 12.4. The van der Waals surface area contributed by atoms with Gasteiger partial charge in [0.1, 0.15) is 5.75 Å². The van der Waals surface area contributed by atoms with Gasteiger partial charge in [-0.25, -0.2) is 0 Å². The van der Waals surface area contributed by atoms with Gasteiger partial charge in [0.05, 0.1) is 13.5 Å². The van der Waals surface area contributed by atoms with Crippen molar-refractivity contribution in [2.75, 3.05) is 20.7 Å². The van der Waals surface area contributed by atoms with Crippen molar-refractivity contribution in [1.29, 1.82) is 0 Å². The fraction of sp³-hybridized carbons (Fsp3) is 0.500. The zero-order chi connectivity index (χ0) is 13.5. The van der Waals surface area contributed by atoms with Crippen molar-refractivity contribution in [3.8, 4) is 5.75 Å². The number of rotatable bonds is 7. The molecule has 0 saturated carbocycles. The van der Waals surface area contributed by atoms with E-state index in [-0.39, 0.29) is 24.9 Å². The molecule has 0 amide bonds. The van der Waals surface area contributed by atoms with Gasteiger partial charge in [-0.3, -0.25) is 4.79 Å². The maximum atomic E-state index is 10.5. The van der Waals surface area contributed by atoms with Crippen LogP contribution < -0.4 is 4.74 Å². The Bertz CT molecular complexity index is 398. The lowest BCUT2D eigenvalue weighted by Gasteiger charge is -2.24. The van der Waals surface area contributed by atoms with Gasteiger partial charge < -0.3 is 14.7 Å². The highest BCUT2D eigenvalue weighted by atomic mass is 35.5. The minimum atomic E-state index is -0.758. The number of hydrogen-bond acceptors (Lipinski definition) is 3. The van der Waals surface area contributed by atoms with E-state index in [1.807, 2.05) is 31.3 Å². The Balaban J connectivity index is 0.00000324. The topological polar surface area (TPSA) is 49.8 Å². The first kappa shape index (κ1) is 17.7. The van der Waals surface area contributed by atoms with Crippen LogP contribution in [0.15, 0.2) is 24.3 Å². The molecule has 0 aliphatic carbocycles. The van der Waals surface area contributed by atoms with Crippen LogP contribution in [-0.4, -0.2) is 42.7 Å². The van der Waals surface area contributed by atoms with Gasteiger partial charge in [-0.05, 0) is 32.0 Å². The van der Waals surface area contributed by atoms with Crippen molar-refractivity contribution in [1.82, 2.24) is 4.90 Å². The molecule has 1 aromatic carbocycles. The summed E-state index contributed by atoms with van der Waals surface area (Å²) < 4.78 is 5.31. The van der Waals surface area contributed by atoms with Gasteiger partial charge in [-0.15, -0.1) is 12.4 Å². The highest BCUT2D eigenvalue weighted by Crippen LogP contribution is 2.20. The molecule has 1 unspecified atom stereocenters. The number of halogens is 1. The first-order chi connectivity index (χ1) is 8.54. The van der Waals surface area contributed by atoms with Crippen LogP contribution in [0.2, 0.25) is 0 Å². The van der Waals surface area contributed by atoms with Crippen molar-refractivity contribution in [3.05, 3.63) is 29.8 Å². The van der Waals surface area contributed by atoms with Gasteiger partial charge in [0.25, 0.3) is 0 Å². The number of aliphatic carboxylic acids is 1. The van der Waals surface area contributed by atoms with Crippen LogP contribution >= 0.6 is 12.4 Å². The molecule has 0 heterocycles. The normalized spacial score (nSPS) is 11.8. The van der Waals surface area contributed by atoms with Crippen molar-refractivity contribution in [3.63, 3.8) is 0 Å². The number of methoxy groups -OCH3 is 1. The number of ether oxygens (including phenoxy) is 1. The van der Waals surface area contributed by atoms with Crippen LogP contribution in [0.3, 0.4) is 0 Å². The molecule has 0 saturated heterocycles. The minimum Gasteiger partial charge on any atom is -0.496 e. The van der Waals surface area contributed by atoms with Gasteiger partial charge in [-0.2, -0.15) is 0 Å². The number of carbonyl (C=O) groups is 1. The molecule has 5 heteroatoms. The predicted molar refractivity (Wildman–Crippen MR) is 78.3 cm³/mol. The average Bonchev–Trinajstić information content (AvgIpc) is 2.36. The Hall–Kier alpha value is -1.26. The van der Waals surface area contributed by atoms with E-state index in [0.29, 0.717) is 6.54 Å². The summed E-state index contributed by atoms with van der Waals surface area (Å²) in [5.74, 6) is 0.127. The number of nitrogens with zero attached hydrogens (tertiary/aromatic N) is 1. The molecule has 0 aliphatic rings. The van der Waals surface area contributed by atoms with Gasteiger partial charge in [-0.1, -0.05) is 18.2 Å². The summed E-state index contributed by atoms with van der Waals surface area (Å²) in [4.78, 5) is 12.6. The van der Waals surface area contributed by atoms with E-state index in [2.05, 4.69) is 11.8 Å². The first-order valence-corrected chi connectivity index (χ1v) is 6.08. The van der Waals surface area contributed by atoms with E-state index < -0.39 is 5.97 Å². The van der Waals surface area contributed by atoms with Crippen LogP contribution in [0.25, 0.3) is 0 Å². The summed E-state index contributed by atoms with van der Waals surface area (Å²) >= 11 is 0. The van der Waals surface area contributed by atoms with Gasteiger partial charge in [0.2, 0.25) is 0 Å². The monoisotopic (exact) mass is 287 g/mol. The molecule has 1 atom stereocenters. The number of carboxylic acid groups (broad SMARTS) is 1. The number of para-hydroxylation sites is 1. The third kappa shape index (κ3) is 5.94. The zero-order valence-electron chi connectivity index (χ0n) is 11.6. The van der Waals surface area contributed by atoms with Gasteiger partial charge >= 0.3 is 5.97 Å². The van der Waals surface area contributed by atoms with Crippen molar-refractivity contribution >= 4 is 18.4 Å². The number of benzene rings is 1. The highest BCUT2D eigenvalue weighted by molar-refractivity contribution is 5.85. The van der Waals surface area contributed by atoms with E-state index in [1.54, 1.807) is 7.11 Å². The summed E-state index contributed by atoms with van der Waals surface area (Å²) in [5.41, 5.74) is 1.15. The van der Waals surface area contributed by atoms with E-state index in [1.165, 1.54) is 0 Å². The second-order valence-corrected chi connectivity index (χ2v) is 4.49. The van der Waals surface area contributed by atoms with Crippen molar-refractivity contribution in [2.45, 2.75) is 25.8 Å². The molecular weight excluding hydrogens is 266 g/mol. The molecule has 4 nitrogen and oxygen atoms in total. The lowest BCUT2D eigenvalue weighted by atomic mass is 10.1. The fourth-order valence-electron chi connectivity index (χ4n) is 1.84. The van der Waals surface area contributed by atoms with Crippen LogP contribution in [-0.2, 0) is 11.2 Å². The molecule has 0 bridgehead atoms. The third-order valence-electron chi connectivity index (χ3n) is 3.14. The van der Waals surface area contributed by atoms with E-state index >= 15 is 0 Å². The predicted octanol–water partition coefficient (Wildman–Crippen LogP) is 2.45. The van der Waals surface area contributed by atoms with E-state index in [0.717, 1.165) is 17.7 Å². The standard InChI is InChI=1S/C14H21NO3.ClH/c1-11(15(2)9-8-14(16)17)10-12-6-4-5-7-13(12)18-3;/h4-7,11H,8-10H2,1-3H3,(H,16,17);1H. The van der Waals surface area contributed by atoms with Crippen molar-refractivity contribution < 1.29 is 14.6 Å². The summed E-state index contributed by atoms with van der Waals surface area (Å²) in [6.07, 6.45) is 1.02. The van der Waals surface area contributed by atoms with Crippen LogP contribution in [0.5, 0.6) is 5.75 Å². The van der Waals surface area contributed by atoms with Crippen LogP contribution in [0.4, 0.5) is 0 Å².